The van der Waals surface area contributed by atoms with Gasteiger partial charge in [0.2, 0.25) is 0 Å². The highest BCUT2D eigenvalue weighted by Crippen LogP contribution is 2.01. The van der Waals surface area contributed by atoms with Crippen LogP contribution in [0.25, 0.3) is 0 Å². The lowest BCUT2D eigenvalue weighted by Gasteiger charge is -1.99. The molecule has 0 aliphatic rings. The summed E-state index contributed by atoms with van der Waals surface area (Å²) in [7, 11) is 0. The van der Waals surface area contributed by atoms with Crippen molar-refractivity contribution in [2.75, 3.05) is 13.2 Å². The second-order valence-corrected chi connectivity index (χ2v) is 2.61. The van der Waals surface area contributed by atoms with Crippen molar-refractivity contribution in [3.05, 3.63) is 0 Å². The minimum Gasteiger partial charge on any atom is -0.382 e. The van der Waals surface area contributed by atoms with E-state index >= 15 is 0 Å². The molecule has 0 aromatic rings. The third kappa shape index (κ3) is 7.96. The van der Waals surface area contributed by atoms with Gasteiger partial charge in [0.1, 0.15) is 0 Å². The van der Waals surface area contributed by atoms with E-state index in [1.54, 1.807) is 0 Å². The SMILES string of the molecule is CCCCCCCOCC. The Balaban J connectivity index is 2.65. The van der Waals surface area contributed by atoms with Gasteiger partial charge >= 0.3 is 0 Å². The normalized spacial score (nSPS) is 10.2. The van der Waals surface area contributed by atoms with Gasteiger partial charge in [-0.05, 0) is 13.3 Å². The molecule has 10 heavy (non-hydrogen) atoms. The van der Waals surface area contributed by atoms with Gasteiger partial charge in [0, 0.05) is 13.2 Å². The molecule has 0 aliphatic carbocycles. The van der Waals surface area contributed by atoms with Crippen LogP contribution >= 0.6 is 0 Å². The van der Waals surface area contributed by atoms with Crippen LogP contribution in [0.5, 0.6) is 0 Å². The molecule has 0 bridgehead atoms. The molecule has 0 amide bonds. The van der Waals surface area contributed by atoms with E-state index in [0.29, 0.717) is 0 Å². The molecule has 0 unspecified atom stereocenters. The fraction of sp³-hybridized carbons (Fsp3) is 1.00. The third-order valence-electron chi connectivity index (χ3n) is 1.60. The summed E-state index contributed by atoms with van der Waals surface area (Å²) in [5.74, 6) is 0. The van der Waals surface area contributed by atoms with E-state index in [1.165, 1.54) is 32.1 Å². The Morgan fingerprint density at radius 2 is 1.60 bits per heavy atom. The molecule has 62 valence electrons. The van der Waals surface area contributed by atoms with Crippen molar-refractivity contribution >= 4 is 0 Å². The van der Waals surface area contributed by atoms with Crippen molar-refractivity contribution in [1.82, 2.24) is 0 Å². The first-order chi connectivity index (χ1) is 4.91. The average molecular weight is 144 g/mol. The number of rotatable bonds is 7. The van der Waals surface area contributed by atoms with Gasteiger partial charge in [-0.15, -0.1) is 0 Å². The smallest absolute Gasteiger partial charge is 0.0465 e. The monoisotopic (exact) mass is 144 g/mol. The van der Waals surface area contributed by atoms with Crippen molar-refractivity contribution in [3.8, 4) is 0 Å². The molecule has 0 radical (unpaired) electrons. The van der Waals surface area contributed by atoms with Gasteiger partial charge in [-0.3, -0.25) is 0 Å². The fourth-order valence-electron chi connectivity index (χ4n) is 0.952. The quantitative estimate of drug-likeness (QED) is 0.499. The summed E-state index contributed by atoms with van der Waals surface area (Å²) in [6, 6.07) is 0. The average Bonchev–Trinajstić information content (AvgIpc) is 1.97. The standard InChI is InChI=1S/C9H20O/c1-3-5-6-7-8-9-10-4-2/h3-9H2,1-2H3. The number of hydrogen-bond acceptors (Lipinski definition) is 1. The van der Waals surface area contributed by atoms with Crippen molar-refractivity contribution in [1.29, 1.82) is 0 Å². The van der Waals surface area contributed by atoms with Gasteiger partial charge in [-0.2, -0.15) is 0 Å². The first-order valence-corrected chi connectivity index (χ1v) is 4.49. The predicted molar refractivity (Wildman–Crippen MR) is 45.3 cm³/mol. The first kappa shape index (κ1) is 9.96. The van der Waals surface area contributed by atoms with Gasteiger partial charge in [-0.1, -0.05) is 32.6 Å². The summed E-state index contributed by atoms with van der Waals surface area (Å²) in [5.41, 5.74) is 0. The topological polar surface area (TPSA) is 9.23 Å². The molecule has 0 heterocycles. The van der Waals surface area contributed by atoms with Gasteiger partial charge in [0.05, 0.1) is 0 Å². The van der Waals surface area contributed by atoms with Crippen LogP contribution in [0.15, 0.2) is 0 Å². The summed E-state index contributed by atoms with van der Waals surface area (Å²) in [6.07, 6.45) is 6.67. The molecule has 0 aliphatic heterocycles. The molecule has 1 heteroatoms. The third-order valence-corrected chi connectivity index (χ3v) is 1.60. The minimum absolute atomic E-state index is 0.869. The zero-order chi connectivity index (χ0) is 7.66. The highest BCUT2D eigenvalue weighted by atomic mass is 16.5. The molecule has 0 N–H and O–H groups in total. The second-order valence-electron chi connectivity index (χ2n) is 2.61. The van der Waals surface area contributed by atoms with Gasteiger partial charge in [0.25, 0.3) is 0 Å². The maximum atomic E-state index is 5.21. The van der Waals surface area contributed by atoms with Crippen molar-refractivity contribution in [3.63, 3.8) is 0 Å². The van der Waals surface area contributed by atoms with Gasteiger partial charge < -0.3 is 4.74 Å². The van der Waals surface area contributed by atoms with E-state index in [0.717, 1.165) is 13.2 Å². The molecule has 0 saturated heterocycles. The largest absolute Gasteiger partial charge is 0.382 e. The zero-order valence-corrected chi connectivity index (χ0v) is 7.36. The minimum atomic E-state index is 0.869. The molecule has 0 spiro atoms. The van der Waals surface area contributed by atoms with Crippen LogP contribution in [0.3, 0.4) is 0 Å². The number of hydrogen-bond donors (Lipinski definition) is 0. The van der Waals surface area contributed by atoms with Crippen LogP contribution < -0.4 is 0 Å². The van der Waals surface area contributed by atoms with Crippen LogP contribution in [0, 0.1) is 0 Å². The van der Waals surface area contributed by atoms with E-state index < -0.39 is 0 Å². The Morgan fingerprint density at radius 1 is 0.900 bits per heavy atom. The van der Waals surface area contributed by atoms with Crippen LogP contribution in [-0.2, 0) is 4.74 Å². The van der Waals surface area contributed by atoms with Crippen LogP contribution in [-0.4, -0.2) is 13.2 Å². The molecule has 0 saturated carbocycles. The van der Waals surface area contributed by atoms with E-state index in [2.05, 4.69) is 6.92 Å². The van der Waals surface area contributed by atoms with Crippen molar-refractivity contribution < 1.29 is 4.74 Å². The predicted octanol–water partition coefficient (Wildman–Crippen LogP) is 2.99. The Morgan fingerprint density at radius 3 is 2.20 bits per heavy atom. The van der Waals surface area contributed by atoms with Crippen LogP contribution in [0.4, 0.5) is 0 Å². The Hall–Kier alpha value is -0.0400. The maximum absolute atomic E-state index is 5.21. The lowest BCUT2D eigenvalue weighted by Crippen LogP contribution is -1.92. The lowest BCUT2D eigenvalue weighted by molar-refractivity contribution is 0.143. The van der Waals surface area contributed by atoms with Crippen LogP contribution in [0.2, 0.25) is 0 Å². The van der Waals surface area contributed by atoms with Crippen molar-refractivity contribution in [2.24, 2.45) is 0 Å². The molecule has 0 aromatic heterocycles. The first-order valence-electron chi connectivity index (χ1n) is 4.49. The molecule has 0 aromatic carbocycles. The number of ether oxygens (including phenoxy) is 1. The Labute approximate surface area is 64.8 Å². The van der Waals surface area contributed by atoms with Gasteiger partial charge in [0.15, 0.2) is 0 Å². The summed E-state index contributed by atoms with van der Waals surface area (Å²) < 4.78 is 5.21. The fourth-order valence-corrected chi connectivity index (χ4v) is 0.952. The molecule has 0 fully saturated rings. The lowest BCUT2D eigenvalue weighted by atomic mass is 10.2. The van der Waals surface area contributed by atoms with E-state index in [1.807, 2.05) is 6.92 Å². The highest BCUT2D eigenvalue weighted by molar-refractivity contribution is 4.40. The molecule has 0 rings (SSSR count). The van der Waals surface area contributed by atoms with E-state index in [9.17, 15) is 0 Å². The molecule has 0 atom stereocenters. The van der Waals surface area contributed by atoms with Gasteiger partial charge in [-0.25, -0.2) is 0 Å². The molecule has 1 nitrogen and oxygen atoms in total. The Kier molecular flexibility index (Phi) is 8.92. The van der Waals surface area contributed by atoms with Crippen molar-refractivity contribution in [2.45, 2.75) is 46.0 Å². The summed E-state index contributed by atoms with van der Waals surface area (Å²) in [4.78, 5) is 0. The summed E-state index contributed by atoms with van der Waals surface area (Å²) in [6.45, 7) is 6.11. The summed E-state index contributed by atoms with van der Waals surface area (Å²) >= 11 is 0. The zero-order valence-electron chi connectivity index (χ0n) is 7.36. The molecular weight excluding hydrogens is 124 g/mol. The molecular formula is C9H20O. The van der Waals surface area contributed by atoms with Crippen LogP contribution in [0.1, 0.15) is 46.0 Å². The second kappa shape index (κ2) is 8.96. The number of unbranched alkanes of at least 4 members (excludes halogenated alkanes) is 4. The maximum Gasteiger partial charge on any atom is 0.0465 e. The Bertz CT molecular complexity index is 44.7. The van der Waals surface area contributed by atoms with E-state index in [-0.39, 0.29) is 0 Å². The highest BCUT2D eigenvalue weighted by Gasteiger charge is 1.87. The van der Waals surface area contributed by atoms with E-state index in [4.69, 9.17) is 4.74 Å². The summed E-state index contributed by atoms with van der Waals surface area (Å²) in [5, 5.41) is 0.